The summed E-state index contributed by atoms with van der Waals surface area (Å²) in [7, 11) is 0. The van der Waals surface area contributed by atoms with E-state index in [1.165, 1.54) is 89.2 Å². The van der Waals surface area contributed by atoms with E-state index >= 15 is 0 Å². The third-order valence-corrected chi connectivity index (χ3v) is 6.51. The molecule has 2 aromatic rings. The van der Waals surface area contributed by atoms with E-state index in [1.54, 1.807) is 12.1 Å². The summed E-state index contributed by atoms with van der Waals surface area (Å²) in [6, 6.07) is 10.0. The SMILES string of the molecule is CCCCCCCC/C=C/c1ccc(C#CC#Cc2ccc(/C=C/CCCCCCCC)cc2F)c(F)c1. The predicted molar refractivity (Wildman–Crippen MR) is 161 cm³/mol. The van der Waals surface area contributed by atoms with Crippen LogP contribution in [0.15, 0.2) is 48.6 Å². The maximum absolute atomic E-state index is 14.4. The van der Waals surface area contributed by atoms with Crippen molar-refractivity contribution in [2.45, 2.75) is 104 Å². The largest absolute Gasteiger partial charge is 0.206 e. The first-order valence-corrected chi connectivity index (χ1v) is 14.6. The van der Waals surface area contributed by atoms with Crippen molar-refractivity contribution in [2.24, 2.45) is 0 Å². The van der Waals surface area contributed by atoms with Gasteiger partial charge in [0.25, 0.3) is 0 Å². The van der Waals surface area contributed by atoms with Crippen molar-refractivity contribution in [3.8, 4) is 23.7 Å². The normalized spacial score (nSPS) is 10.9. The number of halogens is 2. The molecule has 0 amide bonds. The zero-order valence-corrected chi connectivity index (χ0v) is 23.4. The fourth-order valence-corrected chi connectivity index (χ4v) is 4.19. The molecule has 0 aliphatic carbocycles. The van der Waals surface area contributed by atoms with Crippen LogP contribution in [0, 0.1) is 35.3 Å². The van der Waals surface area contributed by atoms with Gasteiger partial charge in [-0.3, -0.25) is 0 Å². The Kier molecular flexibility index (Phi) is 16.3. The van der Waals surface area contributed by atoms with E-state index < -0.39 is 0 Å². The molecule has 0 unspecified atom stereocenters. The molecule has 202 valence electrons. The molecule has 2 aromatic carbocycles. The zero-order chi connectivity index (χ0) is 27.3. The van der Waals surface area contributed by atoms with Crippen LogP contribution < -0.4 is 0 Å². The predicted octanol–water partition coefficient (Wildman–Crippen LogP) is 10.9. The molecule has 0 spiro atoms. The molecular formula is C36H44F2. The Bertz CT molecular complexity index is 1040. The van der Waals surface area contributed by atoms with Crippen LogP contribution in [0.1, 0.15) is 126 Å². The summed E-state index contributed by atoms with van der Waals surface area (Å²) >= 11 is 0. The van der Waals surface area contributed by atoms with Crippen molar-refractivity contribution >= 4 is 12.2 Å². The minimum absolute atomic E-state index is 0.290. The molecule has 0 saturated carbocycles. The van der Waals surface area contributed by atoms with Crippen LogP contribution in [-0.2, 0) is 0 Å². The molecule has 0 heterocycles. The number of benzene rings is 2. The Morgan fingerprint density at radius 3 is 1.34 bits per heavy atom. The average molecular weight is 515 g/mol. The van der Waals surface area contributed by atoms with Crippen LogP contribution in [0.5, 0.6) is 0 Å². The average Bonchev–Trinajstić information content (AvgIpc) is 2.91. The van der Waals surface area contributed by atoms with Crippen LogP contribution in [-0.4, -0.2) is 0 Å². The summed E-state index contributed by atoms with van der Waals surface area (Å²) in [4.78, 5) is 0. The number of rotatable bonds is 16. The lowest BCUT2D eigenvalue weighted by Crippen LogP contribution is -1.85. The highest BCUT2D eigenvalue weighted by molar-refractivity contribution is 5.54. The quantitative estimate of drug-likeness (QED) is 0.154. The third-order valence-electron chi connectivity index (χ3n) is 6.51. The van der Waals surface area contributed by atoms with Gasteiger partial charge in [-0.05, 0) is 84.8 Å². The molecule has 2 heteroatoms. The minimum atomic E-state index is -0.371. The van der Waals surface area contributed by atoms with Crippen molar-refractivity contribution in [3.05, 3.63) is 82.4 Å². The lowest BCUT2D eigenvalue weighted by Gasteiger charge is -1.99. The van der Waals surface area contributed by atoms with E-state index in [4.69, 9.17) is 0 Å². The number of allylic oxidation sites excluding steroid dienone is 2. The Balaban J connectivity index is 1.81. The third kappa shape index (κ3) is 13.4. The van der Waals surface area contributed by atoms with Crippen molar-refractivity contribution in [2.75, 3.05) is 0 Å². The van der Waals surface area contributed by atoms with Gasteiger partial charge in [-0.15, -0.1) is 0 Å². The number of hydrogen-bond acceptors (Lipinski definition) is 0. The van der Waals surface area contributed by atoms with Crippen molar-refractivity contribution in [1.29, 1.82) is 0 Å². The summed E-state index contributed by atoms with van der Waals surface area (Å²) < 4.78 is 28.9. The molecule has 2 rings (SSSR count). The van der Waals surface area contributed by atoms with E-state index in [-0.39, 0.29) is 11.6 Å². The first kappa shape index (κ1) is 31.1. The van der Waals surface area contributed by atoms with Crippen LogP contribution in [0.25, 0.3) is 12.2 Å². The molecule has 0 fully saturated rings. The Labute approximate surface area is 230 Å². The summed E-state index contributed by atoms with van der Waals surface area (Å²) in [6.07, 6.45) is 25.4. The van der Waals surface area contributed by atoms with Crippen LogP contribution in [0.4, 0.5) is 8.78 Å². The second kappa shape index (κ2) is 19.9. The highest BCUT2D eigenvalue weighted by atomic mass is 19.1. The molecule has 0 N–H and O–H groups in total. The van der Waals surface area contributed by atoms with Gasteiger partial charge < -0.3 is 0 Å². The molecule has 0 radical (unpaired) electrons. The highest BCUT2D eigenvalue weighted by Gasteiger charge is 2.00. The topological polar surface area (TPSA) is 0 Å². The molecule has 0 atom stereocenters. The maximum atomic E-state index is 14.4. The zero-order valence-electron chi connectivity index (χ0n) is 23.4. The summed E-state index contributed by atoms with van der Waals surface area (Å²) in [5, 5.41) is 0. The monoisotopic (exact) mass is 514 g/mol. The van der Waals surface area contributed by atoms with Gasteiger partial charge in [-0.2, -0.15) is 0 Å². The van der Waals surface area contributed by atoms with Crippen molar-refractivity contribution in [1.82, 2.24) is 0 Å². The Morgan fingerprint density at radius 1 is 0.553 bits per heavy atom. The van der Waals surface area contributed by atoms with Gasteiger partial charge in [0.2, 0.25) is 0 Å². The van der Waals surface area contributed by atoms with Gasteiger partial charge in [-0.25, -0.2) is 8.78 Å². The van der Waals surface area contributed by atoms with Gasteiger partial charge in [0.05, 0.1) is 11.1 Å². The van der Waals surface area contributed by atoms with Gasteiger partial charge in [0, 0.05) is 0 Å². The molecule has 0 aromatic heterocycles. The molecule has 0 aliphatic rings. The fourth-order valence-electron chi connectivity index (χ4n) is 4.19. The van der Waals surface area contributed by atoms with Gasteiger partial charge in [0.15, 0.2) is 0 Å². The van der Waals surface area contributed by atoms with E-state index in [9.17, 15) is 8.78 Å². The number of unbranched alkanes of at least 4 members (excludes halogenated alkanes) is 12. The summed E-state index contributed by atoms with van der Waals surface area (Å²) in [5.74, 6) is 10.0. The van der Waals surface area contributed by atoms with Crippen LogP contribution in [0.3, 0.4) is 0 Å². The highest BCUT2D eigenvalue weighted by Crippen LogP contribution is 2.14. The first-order chi connectivity index (χ1) is 18.6. The van der Waals surface area contributed by atoms with Crippen molar-refractivity contribution in [3.63, 3.8) is 0 Å². The standard InChI is InChI=1S/C36H44F2/c1-3-5-7-9-11-13-15-17-21-31-25-27-33(35(37)29-31)23-19-20-24-34-28-26-32(30-36(34)38)22-18-16-14-12-10-8-6-4-2/h17-18,21-22,25-30H,3-16H2,1-2H3/b21-17+,22-18+. The second-order valence-electron chi connectivity index (χ2n) is 9.90. The van der Waals surface area contributed by atoms with E-state index in [1.807, 2.05) is 24.3 Å². The Morgan fingerprint density at radius 2 is 0.947 bits per heavy atom. The molecule has 0 nitrogen and oxygen atoms in total. The lowest BCUT2D eigenvalue weighted by atomic mass is 10.1. The van der Waals surface area contributed by atoms with E-state index in [2.05, 4.69) is 49.7 Å². The summed E-state index contributed by atoms with van der Waals surface area (Å²) in [5.41, 5.74) is 2.24. The van der Waals surface area contributed by atoms with Gasteiger partial charge in [0.1, 0.15) is 11.6 Å². The van der Waals surface area contributed by atoms with Crippen molar-refractivity contribution < 1.29 is 8.78 Å². The van der Waals surface area contributed by atoms with E-state index in [0.717, 1.165) is 24.0 Å². The summed E-state index contributed by atoms with van der Waals surface area (Å²) in [6.45, 7) is 4.45. The molecule has 38 heavy (non-hydrogen) atoms. The van der Waals surface area contributed by atoms with Crippen LogP contribution >= 0.6 is 0 Å². The molecule has 0 bridgehead atoms. The maximum Gasteiger partial charge on any atom is 0.139 e. The Hall–Kier alpha value is -3.10. The molecular weight excluding hydrogens is 470 g/mol. The fraction of sp³-hybridized carbons (Fsp3) is 0.444. The second-order valence-corrected chi connectivity index (χ2v) is 9.90. The minimum Gasteiger partial charge on any atom is -0.206 e. The smallest absolute Gasteiger partial charge is 0.139 e. The van der Waals surface area contributed by atoms with Gasteiger partial charge >= 0.3 is 0 Å². The van der Waals surface area contributed by atoms with Crippen LogP contribution in [0.2, 0.25) is 0 Å². The lowest BCUT2D eigenvalue weighted by molar-refractivity contribution is 0.611. The molecule has 0 aliphatic heterocycles. The molecule has 0 saturated heterocycles. The number of hydrogen-bond donors (Lipinski definition) is 0. The van der Waals surface area contributed by atoms with E-state index in [0.29, 0.717) is 11.1 Å². The first-order valence-electron chi connectivity index (χ1n) is 14.6. The van der Waals surface area contributed by atoms with Gasteiger partial charge in [-0.1, -0.05) is 114 Å².